The number of ether oxygens (including phenoxy) is 1. The van der Waals surface area contributed by atoms with Gasteiger partial charge in [0.15, 0.2) is 0 Å². The van der Waals surface area contributed by atoms with Crippen molar-refractivity contribution in [1.29, 1.82) is 0 Å². The average Bonchev–Trinajstić information content (AvgIpc) is 2.93. The molecule has 0 aromatic heterocycles. The van der Waals surface area contributed by atoms with Crippen LogP contribution >= 0.6 is 23.4 Å². The Morgan fingerprint density at radius 2 is 1.80 bits per heavy atom. The lowest BCUT2D eigenvalue weighted by Gasteiger charge is -2.49. The highest BCUT2D eigenvalue weighted by atomic mass is 35.5. The van der Waals surface area contributed by atoms with E-state index in [4.69, 9.17) is 21.2 Å². The number of para-hydroxylation sites is 1. The molecule has 1 saturated heterocycles. The molecule has 4 amide bonds. The number of β-lactam (4-membered cyclic amide) rings is 1. The fraction of sp³-hybridized carbons (Fsp3) is 0.269. The van der Waals surface area contributed by atoms with Crippen LogP contribution in [-0.2, 0) is 35.4 Å². The fourth-order valence-corrected chi connectivity index (χ4v) is 5.40. The number of aliphatic carboxylic acids is 1. The highest BCUT2D eigenvalue weighted by Crippen LogP contribution is 2.40. The van der Waals surface area contributed by atoms with Crippen molar-refractivity contribution in [3.05, 3.63) is 76.5 Å². The van der Waals surface area contributed by atoms with Gasteiger partial charge in [0, 0.05) is 29.0 Å². The Balaban J connectivity index is 1.42. The molecule has 2 aromatic rings. The molecule has 2 aliphatic rings. The minimum atomic E-state index is -1.34. The van der Waals surface area contributed by atoms with E-state index in [-0.39, 0.29) is 30.2 Å². The minimum absolute atomic E-state index is 0.0425. The molecule has 12 nitrogen and oxygen atoms in total. The Bertz CT molecular complexity index is 1340. The number of carbonyl (C=O) groups excluding carboxylic acids is 4. The van der Waals surface area contributed by atoms with Crippen molar-refractivity contribution in [3.8, 4) is 0 Å². The van der Waals surface area contributed by atoms with Crippen molar-refractivity contribution in [2.75, 3.05) is 24.2 Å². The van der Waals surface area contributed by atoms with E-state index in [9.17, 15) is 29.1 Å². The highest BCUT2D eigenvalue weighted by molar-refractivity contribution is 8.00. The molecule has 2 atom stereocenters. The predicted octanol–water partition coefficient (Wildman–Crippen LogP) is 2.61. The van der Waals surface area contributed by atoms with Gasteiger partial charge in [0.05, 0.1) is 0 Å². The van der Waals surface area contributed by atoms with Crippen molar-refractivity contribution in [2.24, 2.45) is 0 Å². The number of thioether (sulfide) groups is 1. The molecule has 210 valence electrons. The Hall–Kier alpha value is -4.07. The first-order chi connectivity index (χ1) is 19.1. The number of nitrogens with one attached hydrogen (secondary N) is 2. The SMILES string of the molecule is CC(=O)OCC1=C(C(=O)O)N2C(=O)[C@@H](NC(=O)CN(OCc3ccc(Cl)cc3)C(=O)Nc3ccccc3)C2SC1. The van der Waals surface area contributed by atoms with E-state index in [0.29, 0.717) is 16.3 Å². The van der Waals surface area contributed by atoms with E-state index < -0.39 is 47.7 Å². The summed E-state index contributed by atoms with van der Waals surface area (Å²) < 4.78 is 4.92. The summed E-state index contributed by atoms with van der Waals surface area (Å²) in [6, 6.07) is 13.6. The van der Waals surface area contributed by atoms with Gasteiger partial charge < -0.3 is 20.5 Å². The van der Waals surface area contributed by atoms with Gasteiger partial charge in [-0.15, -0.1) is 11.8 Å². The molecule has 2 aliphatic heterocycles. The van der Waals surface area contributed by atoms with E-state index >= 15 is 0 Å². The number of benzene rings is 2. The zero-order chi connectivity index (χ0) is 28.8. The van der Waals surface area contributed by atoms with Gasteiger partial charge in [-0.3, -0.25) is 24.1 Å². The van der Waals surface area contributed by atoms with Gasteiger partial charge in [-0.1, -0.05) is 41.9 Å². The lowest BCUT2D eigenvalue weighted by atomic mass is 10.0. The van der Waals surface area contributed by atoms with E-state index in [1.165, 1.54) is 18.7 Å². The summed E-state index contributed by atoms with van der Waals surface area (Å²) in [4.78, 5) is 68.5. The van der Waals surface area contributed by atoms with Crippen LogP contribution in [0, 0.1) is 0 Å². The molecule has 0 bridgehead atoms. The molecule has 14 heteroatoms. The number of carboxylic acid groups (broad SMARTS) is 1. The molecule has 0 aliphatic carbocycles. The molecule has 4 rings (SSSR count). The van der Waals surface area contributed by atoms with Crippen molar-refractivity contribution in [3.63, 3.8) is 0 Å². The maximum atomic E-state index is 13.0. The number of halogens is 1. The highest BCUT2D eigenvalue weighted by Gasteiger charge is 2.54. The monoisotopic (exact) mass is 588 g/mol. The number of carbonyl (C=O) groups is 5. The van der Waals surface area contributed by atoms with Crippen LogP contribution in [0.15, 0.2) is 65.9 Å². The van der Waals surface area contributed by atoms with Gasteiger partial charge in [-0.05, 0) is 29.8 Å². The molecule has 1 unspecified atom stereocenters. The average molecular weight is 589 g/mol. The van der Waals surface area contributed by atoms with Crippen LogP contribution in [-0.4, -0.2) is 75.2 Å². The third-order valence-electron chi connectivity index (χ3n) is 5.86. The molecular weight excluding hydrogens is 564 g/mol. The van der Waals surface area contributed by atoms with Crippen LogP contribution in [0.4, 0.5) is 10.5 Å². The number of rotatable bonds is 10. The standard InChI is InChI=1S/C26H25ClN4O8S/c1-15(32)38-13-17-14-40-24-21(23(34)31(24)22(17)25(35)36)29-20(33)11-30(26(37)28-19-5-3-2-4-6-19)39-12-16-7-9-18(27)10-8-16/h2-10,21,24H,11-14H2,1H3,(H,28,37)(H,29,33)(H,35,36)/t21-,24?/m1/s1. The van der Waals surface area contributed by atoms with Gasteiger partial charge in [0.1, 0.15) is 36.9 Å². The number of esters is 1. The van der Waals surface area contributed by atoms with Crippen LogP contribution in [0.3, 0.4) is 0 Å². The number of anilines is 1. The second-order valence-corrected chi connectivity index (χ2v) is 10.3. The van der Waals surface area contributed by atoms with Gasteiger partial charge in [0.2, 0.25) is 5.91 Å². The Morgan fingerprint density at radius 3 is 2.45 bits per heavy atom. The van der Waals surface area contributed by atoms with Gasteiger partial charge in [-0.25, -0.2) is 9.59 Å². The molecule has 2 heterocycles. The maximum Gasteiger partial charge on any atom is 0.352 e. The van der Waals surface area contributed by atoms with Crippen molar-refractivity contribution in [1.82, 2.24) is 15.3 Å². The summed E-state index contributed by atoms with van der Waals surface area (Å²) in [6.45, 7) is 0.350. The Morgan fingerprint density at radius 1 is 1.10 bits per heavy atom. The minimum Gasteiger partial charge on any atom is -0.477 e. The zero-order valence-corrected chi connectivity index (χ0v) is 22.7. The van der Waals surface area contributed by atoms with Crippen molar-refractivity contribution >= 4 is 58.8 Å². The molecule has 2 aromatic carbocycles. The normalized spacial score (nSPS) is 17.9. The second kappa shape index (κ2) is 12.9. The van der Waals surface area contributed by atoms with Crippen molar-refractivity contribution in [2.45, 2.75) is 24.9 Å². The number of hydrogen-bond acceptors (Lipinski definition) is 8. The third kappa shape index (κ3) is 6.92. The summed E-state index contributed by atoms with van der Waals surface area (Å²) in [5, 5.41) is 15.6. The lowest BCUT2D eigenvalue weighted by Crippen LogP contribution is -2.71. The van der Waals surface area contributed by atoms with Gasteiger partial charge in [-0.2, -0.15) is 5.06 Å². The number of hydrogen-bond donors (Lipinski definition) is 3. The summed E-state index contributed by atoms with van der Waals surface area (Å²) in [5.41, 5.74) is 1.19. The third-order valence-corrected chi connectivity index (χ3v) is 7.45. The molecule has 3 N–H and O–H groups in total. The largest absolute Gasteiger partial charge is 0.477 e. The molecule has 0 radical (unpaired) electrons. The second-order valence-electron chi connectivity index (χ2n) is 8.73. The zero-order valence-electron chi connectivity index (χ0n) is 21.2. The summed E-state index contributed by atoms with van der Waals surface area (Å²) >= 11 is 7.14. The number of urea groups is 1. The topological polar surface area (TPSA) is 155 Å². The summed E-state index contributed by atoms with van der Waals surface area (Å²) in [6.07, 6.45) is 0. The van der Waals surface area contributed by atoms with Crippen LogP contribution in [0.25, 0.3) is 0 Å². The lowest BCUT2D eigenvalue weighted by molar-refractivity contribution is -0.155. The van der Waals surface area contributed by atoms with Gasteiger partial charge in [0.25, 0.3) is 5.91 Å². The molecule has 0 saturated carbocycles. The number of amides is 4. The number of hydroxylamine groups is 2. The molecule has 40 heavy (non-hydrogen) atoms. The first-order valence-corrected chi connectivity index (χ1v) is 13.4. The molecule has 1 fully saturated rings. The van der Waals surface area contributed by atoms with Crippen LogP contribution in [0.5, 0.6) is 0 Å². The number of carboxylic acids is 1. The van der Waals surface area contributed by atoms with Crippen molar-refractivity contribution < 1.29 is 38.7 Å². The number of fused-ring (bicyclic) bond motifs is 1. The number of nitrogens with zero attached hydrogens (tertiary/aromatic N) is 2. The fourth-order valence-electron chi connectivity index (χ4n) is 3.95. The summed E-state index contributed by atoms with van der Waals surface area (Å²) in [5.74, 6) is -3.06. The Kier molecular flexibility index (Phi) is 9.30. The first-order valence-electron chi connectivity index (χ1n) is 12.0. The van der Waals surface area contributed by atoms with E-state index in [1.54, 1.807) is 54.6 Å². The van der Waals surface area contributed by atoms with E-state index in [0.717, 1.165) is 9.96 Å². The maximum absolute atomic E-state index is 13.0. The van der Waals surface area contributed by atoms with Crippen LogP contribution in [0.2, 0.25) is 5.02 Å². The van der Waals surface area contributed by atoms with Gasteiger partial charge >= 0.3 is 18.0 Å². The summed E-state index contributed by atoms with van der Waals surface area (Å²) in [7, 11) is 0. The van der Waals surface area contributed by atoms with Crippen LogP contribution in [0.1, 0.15) is 12.5 Å². The van der Waals surface area contributed by atoms with E-state index in [2.05, 4.69) is 10.6 Å². The van der Waals surface area contributed by atoms with E-state index in [1.807, 2.05) is 0 Å². The predicted molar refractivity (Wildman–Crippen MR) is 145 cm³/mol. The van der Waals surface area contributed by atoms with Crippen LogP contribution < -0.4 is 10.6 Å². The molecular formula is C26H25ClN4O8S. The first kappa shape index (κ1) is 28.9. The quantitative estimate of drug-likeness (QED) is 0.216. The molecule has 0 spiro atoms. The smallest absolute Gasteiger partial charge is 0.352 e. The Labute approximate surface area is 238 Å².